The minimum absolute atomic E-state index is 0.190. The highest BCUT2D eigenvalue weighted by atomic mass is 32.2. The van der Waals surface area contributed by atoms with E-state index in [-0.39, 0.29) is 17.5 Å². The number of hydrogen-bond acceptors (Lipinski definition) is 4. The molecule has 24 heavy (non-hydrogen) atoms. The van der Waals surface area contributed by atoms with Crippen LogP contribution in [0.4, 0.5) is 10.1 Å². The van der Waals surface area contributed by atoms with Gasteiger partial charge in [0.05, 0.1) is 11.3 Å². The number of nitrogens with one attached hydrogen (secondary N) is 1. The van der Waals surface area contributed by atoms with Crippen LogP contribution < -0.4 is 5.32 Å². The molecule has 1 aromatic heterocycles. The van der Waals surface area contributed by atoms with Crippen LogP contribution in [0.3, 0.4) is 0 Å². The van der Waals surface area contributed by atoms with Crippen molar-refractivity contribution in [2.24, 2.45) is 0 Å². The lowest BCUT2D eigenvalue weighted by Crippen LogP contribution is -2.14. The topological polar surface area (TPSA) is 54.9 Å². The molecule has 0 bridgehead atoms. The van der Waals surface area contributed by atoms with Gasteiger partial charge in [-0.1, -0.05) is 36.0 Å². The summed E-state index contributed by atoms with van der Waals surface area (Å²) < 4.78 is 13.5. The van der Waals surface area contributed by atoms with Gasteiger partial charge in [0.25, 0.3) is 0 Å². The number of thioether (sulfide) groups is 1. The molecule has 0 unspecified atom stereocenters. The third-order valence-electron chi connectivity index (χ3n) is 3.48. The predicted octanol–water partition coefficient (Wildman–Crippen LogP) is 4.12. The van der Waals surface area contributed by atoms with Crippen molar-refractivity contribution in [3.63, 3.8) is 0 Å². The minimum atomic E-state index is -0.335. The molecule has 0 aliphatic rings. The predicted molar refractivity (Wildman–Crippen MR) is 94.8 cm³/mol. The van der Waals surface area contributed by atoms with Gasteiger partial charge < -0.3 is 5.32 Å². The second-order valence-electron chi connectivity index (χ2n) is 5.39. The van der Waals surface area contributed by atoms with Crippen LogP contribution in [0, 0.1) is 19.7 Å². The molecule has 1 amide bonds. The van der Waals surface area contributed by atoms with Gasteiger partial charge in [0, 0.05) is 11.1 Å². The largest absolute Gasteiger partial charge is 0.325 e. The summed E-state index contributed by atoms with van der Waals surface area (Å²) in [5, 5.41) is 4.39. The molecule has 3 aromatic rings. The molecular weight excluding hydrogens is 325 g/mol. The number of benzene rings is 2. The lowest BCUT2D eigenvalue weighted by molar-refractivity contribution is -0.113. The second-order valence-corrected chi connectivity index (χ2v) is 6.36. The molecular formula is C18H16FN3OS. The Morgan fingerprint density at radius 3 is 2.75 bits per heavy atom. The highest BCUT2D eigenvalue weighted by Crippen LogP contribution is 2.25. The van der Waals surface area contributed by atoms with Crippen molar-refractivity contribution in [1.29, 1.82) is 0 Å². The normalized spacial score (nSPS) is 10.8. The monoisotopic (exact) mass is 341 g/mol. The number of para-hydroxylation sites is 1. The fourth-order valence-corrected chi connectivity index (χ4v) is 3.13. The number of rotatable bonds is 4. The van der Waals surface area contributed by atoms with Crippen LogP contribution in [-0.2, 0) is 4.79 Å². The highest BCUT2D eigenvalue weighted by molar-refractivity contribution is 8.00. The first kappa shape index (κ1) is 16.4. The highest BCUT2D eigenvalue weighted by Gasteiger charge is 2.10. The number of halogens is 1. The van der Waals surface area contributed by atoms with E-state index in [4.69, 9.17) is 0 Å². The molecule has 0 aliphatic heterocycles. The van der Waals surface area contributed by atoms with Gasteiger partial charge in [-0.2, -0.15) is 0 Å². The number of nitrogens with zero attached hydrogens (tertiary/aromatic N) is 2. The van der Waals surface area contributed by atoms with E-state index in [9.17, 15) is 9.18 Å². The zero-order valence-electron chi connectivity index (χ0n) is 13.3. The van der Waals surface area contributed by atoms with Crippen molar-refractivity contribution in [1.82, 2.24) is 9.97 Å². The number of carbonyl (C=O) groups excluding carboxylic acids is 1. The zero-order valence-corrected chi connectivity index (χ0v) is 14.2. The Morgan fingerprint density at radius 2 is 1.96 bits per heavy atom. The van der Waals surface area contributed by atoms with Crippen LogP contribution in [0.15, 0.2) is 47.5 Å². The fourth-order valence-electron chi connectivity index (χ4n) is 2.27. The van der Waals surface area contributed by atoms with Crippen molar-refractivity contribution in [3.05, 3.63) is 59.7 Å². The molecule has 6 heteroatoms. The van der Waals surface area contributed by atoms with Gasteiger partial charge in [0.2, 0.25) is 5.91 Å². The van der Waals surface area contributed by atoms with Crippen molar-refractivity contribution >= 4 is 34.3 Å². The third kappa shape index (κ3) is 3.71. The lowest BCUT2D eigenvalue weighted by Gasteiger charge is -2.08. The first-order valence-corrected chi connectivity index (χ1v) is 8.43. The molecule has 0 saturated carbocycles. The first-order valence-electron chi connectivity index (χ1n) is 7.45. The van der Waals surface area contributed by atoms with E-state index in [0.717, 1.165) is 15.9 Å². The molecule has 2 aromatic carbocycles. The quantitative estimate of drug-likeness (QED) is 0.573. The molecule has 1 heterocycles. The zero-order chi connectivity index (χ0) is 17.1. The second kappa shape index (κ2) is 6.97. The number of hydrogen-bond donors (Lipinski definition) is 1. The van der Waals surface area contributed by atoms with Crippen molar-refractivity contribution in [2.75, 3.05) is 11.1 Å². The molecule has 0 radical (unpaired) electrons. The standard InChI is InChI=1S/C18H16FN3OS/c1-11-7-8-13(9-15(11)19)22-17(23)10-24-18-14-5-3-4-6-16(14)20-12(2)21-18/h3-9H,10H2,1-2H3,(H,22,23). The summed E-state index contributed by atoms with van der Waals surface area (Å²) in [7, 11) is 0. The number of amides is 1. The molecule has 0 atom stereocenters. The number of anilines is 1. The van der Waals surface area contributed by atoms with E-state index in [0.29, 0.717) is 17.1 Å². The van der Waals surface area contributed by atoms with Gasteiger partial charge in [-0.3, -0.25) is 4.79 Å². The van der Waals surface area contributed by atoms with Crippen molar-refractivity contribution < 1.29 is 9.18 Å². The average Bonchev–Trinajstić information content (AvgIpc) is 2.56. The summed E-state index contributed by atoms with van der Waals surface area (Å²) in [4.78, 5) is 20.9. The Balaban J connectivity index is 1.71. The van der Waals surface area contributed by atoms with Crippen LogP contribution in [0.2, 0.25) is 0 Å². The maximum Gasteiger partial charge on any atom is 0.234 e. The van der Waals surface area contributed by atoms with E-state index < -0.39 is 0 Å². The van der Waals surface area contributed by atoms with Gasteiger partial charge in [0.15, 0.2) is 0 Å². The summed E-state index contributed by atoms with van der Waals surface area (Å²) in [5.74, 6) is 0.314. The van der Waals surface area contributed by atoms with E-state index in [1.165, 1.54) is 17.8 Å². The molecule has 0 fully saturated rings. The Labute approximate surface area is 143 Å². The number of fused-ring (bicyclic) bond motifs is 1. The maximum absolute atomic E-state index is 13.5. The van der Waals surface area contributed by atoms with Crippen LogP contribution >= 0.6 is 11.8 Å². The Kier molecular flexibility index (Phi) is 4.76. The first-order chi connectivity index (χ1) is 11.5. The Hall–Kier alpha value is -2.47. The molecule has 1 N–H and O–H groups in total. The Bertz CT molecular complexity index is 914. The van der Waals surface area contributed by atoms with Gasteiger partial charge in [-0.05, 0) is 37.6 Å². The maximum atomic E-state index is 13.5. The molecule has 3 rings (SSSR count). The van der Waals surface area contributed by atoms with Gasteiger partial charge in [-0.25, -0.2) is 14.4 Å². The lowest BCUT2D eigenvalue weighted by atomic mass is 10.2. The fraction of sp³-hybridized carbons (Fsp3) is 0.167. The molecule has 0 spiro atoms. The van der Waals surface area contributed by atoms with Crippen LogP contribution in [0.1, 0.15) is 11.4 Å². The number of aryl methyl sites for hydroxylation is 2. The smallest absolute Gasteiger partial charge is 0.234 e. The van der Waals surface area contributed by atoms with Gasteiger partial charge >= 0.3 is 0 Å². The van der Waals surface area contributed by atoms with Crippen LogP contribution in [0.5, 0.6) is 0 Å². The van der Waals surface area contributed by atoms with E-state index in [2.05, 4.69) is 15.3 Å². The summed E-state index contributed by atoms with van der Waals surface area (Å²) in [6.07, 6.45) is 0. The van der Waals surface area contributed by atoms with Gasteiger partial charge in [0.1, 0.15) is 16.7 Å². The number of carbonyl (C=O) groups is 1. The summed E-state index contributed by atoms with van der Waals surface area (Å²) in [6.45, 7) is 3.50. The molecule has 0 saturated heterocycles. The minimum Gasteiger partial charge on any atom is -0.325 e. The third-order valence-corrected chi connectivity index (χ3v) is 4.47. The summed E-state index contributed by atoms with van der Waals surface area (Å²) >= 11 is 1.34. The van der Waals surface area contributed by atoms with Crippen LogP contribution in [-0.4, -0.2) is 21.6 Å². The van der Waals surface area contributed by atoms with E-state index in [1.54, 1.807) is 19.1 Å². The number of aromatic nitrogens is 2. The molecule has 122 valence electrons. The van der Waals surface area contributed by atoms with E-state index >= 15 is 0 Å². The molecule has 0 aliphatic carbocycles. The summed E-state index contributed by atoms with van der Waals surface area (Å²) in [5.41, 5.74) is 1.85. The SMILES string of the molecule is Cc1nc(SCC(=O)Nc2ccc(C)c(F)c2)c2ccccc2n1. The average molecular weight is 341 g/mol. The summed E-state index contributed by atoms with van der Waals surface area (Å²) in [6, 6.07) is 12.3. The van der Waals surface area contributed by atoms with Crippen LogP contribution in [0.25, 0.3) is 10.9 Å². The molecule has 4 nitrogen and oxygen atoms in total. The van der Waals surface area contributed by atoms with Crippen molar-refractivity contribution in [3.8, 4) is 0 Å². The Morgan fingerprint density at radius 1 is 1.17 bits per heavy atom. The van der Waals surface area contributed by atoms with Crippen molar-refractivity contribution in [2.45, 2.75) is 18.9 Å². The van der Waals surface area contributed by atoms with Gasteiger partial charge in [-0.15, -0.1) is 0 Å². The van der Waals surface area contributed by atoms with E-state index in [1.807, 2.05) is 31.2 Å².